The number of ether oxygens (including phenoxy) is 2. The largest absolute Gasteiger partial charge is 0.493 e. The summed E-state index contributed by atoms with van der Waals surface area (Å²) < 4.78 is 23.8. The standard InChI is InChI=1S/C18H28FN3O4/c1-12(22(5)17(24)26-18(2,3)4)16(23)21-7-6-8-25-15-10-13(19)9-14(20)11-15/h9-12H,6-8,20H2,1-5H3,(H,21,23)/t12-/m0/s1. The molecule has 2 amide bonds. The molecule has 0 heterocycles. The predicted molar refractivity (Wildman–Crippen MR) is 97.4 cm³/mol. The van der Waals surface area contributed by atoms with Crippen LogP contribution in [0.15, 0.2) is 18.2 Å². The van der Waals surface area contributed by atoms with Gasteiger partial charge in [-0.2, -0.15) is 0 Å². The molecule has 0 aliphatic heterocycles. The van der Waals surface area contributed by atoms with Crippen molar-refractivity contribution < 1.29 is 23.5 Å². The van der Waals surface area contributed by atoms with Crippen molar-refractivity contribution in [3.8, 4) is 5.75 Å². The number of halogens is 1. The molecule has 0 spiro atoms. The van der Waals surface area contributed by atoms with Gasteiger partial charge in [-0.3, -0.25) is 9.69 Å². The van der Waals surface area contributed by atoms with Gasteiger partial charge in [-0.15, -0.1) is 0 Å². The second-order valence-corrected chi connectivity index (χ2v) is 6.98. The van der Waals surface area contributed by atoms with Gasteiger partial charge in [-0.1, -0.05) is 0 Å². The van der Waals surface area contributed by atoms with Crippen LogP contribution in [0.25, 0.3) is 0 Å². The highest BCUT2D eigenvalue weighted by molar-refractivity contribution is 5.85. The molecule has 8 heteroatoms. The maximum atomic E-state index is 13.2. The lowest BCUT2D eigenvalue weighted by molar-refractivity contribution is -0.125. The minimum Gasteiger partial charge on any atom is -0.493 e. The molecule has 0 aliphatic rings. The average Bonchev–Trinajstić information content (AvgIpc) is 2.50. The Bertz CT molecular complexity index is 611. The minimum atomic E-state index is -0.672. The Morgan fingerprint density at radius 1 is 1.31 bits per heavy atom. The van der Waals surface area contributed by atoms with Crippen LogP contribution in [-0.2, 0) is 9.53 Å². The molecule has 0 saturated heterocycles. The van der Waals surface area contributed by atoms with Gasteiger partial charge in [0.15, 0.2) is 0 Å². The number of nitrogens with zero attached hydrogens (tertiary/aromatic N) is 1. The van der Waals surface area contributed by atoms with Gasteiger partial charge in [0.05, 0.1) is 6.61 Å². The van der Waals surface area contributed by atoms with Crippen LogP contribution in [-0.4, -0.2) is 48.7 Å². The fourth-order valence-electron chi connectivity index (χ4n) is 1.96. The van der Waals surface area contributed by atoms with E-state index in [0.717, 1.165) is 0 Å². The fraction of sp³-hybridized carbons (Fsp3) is 0.556. The van der Waals surface area contributed by atoms with E-state index in [9.17, 15) is 14.0 Å². The summed E-state index contributed by atoms with van der Waals surface area (Å²) in [6.45, 7) is 7.54. The lowest BCUT2D eigenvalue weighted by Gasteiger charge is -2.28. The summed E-state index contributed by atoms with van der Waals surface area (Å²) in [4.78, 5) is 25.3. The molecular formula is C18H28FN3O4. The highest BCUT2D eigenvalue weighted by atomic mass is 19.1. The first-order chi connectivity index (χ1) is 12.0. The Hall–Kier alpha value is -2.51. The van der Waals surface area contributed by atoms with Crippen LogP contribution >= 0.6 is 0 Å². The number of nitrogen functional groups attached to an aromatic ring is 1. The molecule has 0 bridgehead atoms. The molecule has 0 fully saturated rings. The zero-order valence-electron chi connectivity index (χ0n) is 16.0. The van der Waals surface area contributed by atoms with Crippen molar-refractivity contribution in [1.82, 2.24) is 10.2 Å². The lowest BCUT2D eigenvalue weighted by Crippen LogP contribution is -2.47. The van der Waals surface area contributed by atoms with Crippen LogP contribution in [0.5, 0.6) is 5.75 Å². The molecule has 26 heavy (non-hydrogen) atoms. The van der Waals surface area contributed by atoms with Gasteiger partial charge in [-0.05, 0) is 40.2 Å². The molecule has 1 rings (SSSR count). The second kappa shape index (κ2) is 9.26. The Labute approximate surface area is 153 Å². The number of hydrogen-bond acceptors (Lipinski definition) is 5. The van der Waals surface area contributed by atoms with E-state index >= 15 is 0 Å². The van der Waals surface area contributed by atoms with Crippen molar-refractivity contribution in [2.75, 3.05) is 25.9 Å². The summed E-state index contributed by atoms with van der Waals surface area (Å²) in [5.41, 5.74) is 5.19. The van der Waals surface area contributed by atoms with E-state index in [1.165, 1.54) is 30.1 Å². The molecular weight excluding hydrogens is 341 g/mol. The first kappa shape index (κ1) is 21.5. The lowest BCUT2D eigenvalue weighted by atomic mass is 10.2. The van der Waals surface area contributed by atoms with Crippen molar-refractivity contribution in [2.24, 2.45) is 0 Å². The third-order valence-corrected chi connectivity index (χ3v) is 3.42. The van der Waals surface area contributed by atoms with Crippen molar-refractivity contribution in [3.05, 3.63) is 24.0 Å². The van der Waals surface area contributed by atoms with Crippen molar-refractivity contribution in [2.45, 2.75) is 45.8 Å². The van der Waals surface area contributed by atoms with E-state index in [-0.39, 0.29) is 11.6 Å². The van der Waals surface area contributed by atoms with Crippen LogP contribution in [0, 0.1) is 5.82 Å². The SMILES string of the molecule is C[C@@H](C(=O)NCCCOc1cc(N)cc(F)c1)N(C)C(=O)OC(C)(C)C. The monoisotopic (exact) mass is 369 g/mol. The summed E-state index contributed by atoms with van der Waals surface area (Å²) >= 11 is 0. The third kappa shape index (κ3) is 7.58. The summed E-state index contributed by atoms with van der Waals surface area (Å²) in [5, 5.41) is 2.72. The molecule has 146 valence electrons. The molecule has 1 aromatic rings. The zero-order valence-corrected chi connectivity index (χ0v) is 16.0. The normalized spacial score (nSPS) is 12.2. The van der Waals surface area contributed by atoms with Gasteiger partial charge >= 0.3 is 6.09 Å². The number of nitrogens with one attached hydrogen (secondary N) is 1. The highest BCUT2D eigenvalue weighted by Gasteiger charge is 2.26. The molecule has 7 nitrogen and oxygen atoms in total. The van der Waals surface area contributed by atoms with E-state index in [4.69, 9.17) is 15.2 Å². The maximum absolute atomic E-state index is 13.2. The summed E-state index contributed by atoms with van der Waals surface area (Å²) in [6.07, 6.45) is -0.0439. The van der Waals surface area contributed by atoms with Crippen molar-refractivity contribution in [3.63, 3.8) is 0 Å². The van der Waals surface area contributed by atoms with Gasteiger partial charge in [0.1, 0.15) is 23.2 Å². The zero-order chi connectivity index (χ0) is 19.9. The Morgan fingerprint density at radius 2 is 1.96 bits per heavy atom. The highest BCUT2D eigenvalue weighted by Crippen LogP contribution is 2.17. The first-order valence-electron chi connectivity index (χ1n) is 8.42. The smallest absolute Gasteiger partial charge is 0.410 e. The summed E-state index contributed by atoms with van der Waals surface area (Å²) in [6, 6.07) is 3.30. The van der Waals surface area contributed by atoms with Crippen LogP contribution < -0.4 is 15.8 Å². The van der Waals surface area contributed by atoms with E-state index in [2.05, 4.69) is 5.32 Å². The molecule has 1 aromatic carbocycles. The number of amides is 2. The minimum absolute atomic E-state index is 0.285. The van der Waals surface area contributed by atoms with Crippen molar-refractivity contribution in [1.29, 1.82) is 0 Å². The number of likely N-dealkylation sites (N-methyl/N-ethyl adjacent to an activating group) is 1. The van der Waals surface area contributed by atoms with Gasteiger partial charge in [0.25, 0.3) is 0 Å². The van der Waals surface area contributed by atoms with Crippen LogP contribution in [0.4, 0.5) is 14.9 Å². The van der Waals surface area contributed by atoms with Crippen molar-refractivity contribution >= 4 is 17.7 Å². The Morgan fingerprint density at radius 3 is 2.54 bits per heavy atom. The fourth-order valence-corrected chi connectivity index (χ4v) is 1.96. The molecule has 0 unspecified atom stereocenters. The molecule has 0 aromatic heterocycles. The van der Waals surface area contributed by atoms with Gasteiger partial charge < -0.3 is 20.5 Å². The topological polar surface area (TPSA) is 93.9 Å². The van der Waals surface area contributed by atoms with Gasteiger partial charge in [0.2, 0.25) is 5.91 Å². The molecule has 0 saturated carbocycles. The summed E-state index contributed by atoms with van der Waals surface area (Å²) in [7, 11) is 1.51. The maximum Gasteiger partial charge on any atom is 0.410 e. The first-order valence-corrected chi connectivity index (χ1v) is 8.42. The van der Waals surface area contributed by atoms with Crippen LogP contribution in [0.2, 0.25) is 0 Å². The van der Waals surface area contributed by atoms with E-state index in [0.29, 0.717) is 25.3 Å². The van der Waals surface area contributed by atoms with E-state index in [1.807, 2.05) is 0 Å². The van der Waals surface area contributed by atoms with Gasteiger partial charge in [-0.25, -0.2) is 9.18 Å². The Balaban J connectivity index is 2.33. The molecule has 0 aliphatic carbocycles. The molecule has 0 radical (unpaired) electrons. The third-order valence-electron chi connectivity index (χ3n) is 3.42. The average molecular weight is 369 g/mol. The molecule has 1 atom stereocenters. The number of nitrogens with two attached hydrogens (primary N) is 1. The quantitative estimate of drug-likeness (QED) is 0.569. The van der Waals surface area contributed by atoms with E-state index < -0.39 is 23.6 Å². The number of rotatable bonds is 7. The number of benzene rings is 1. The molecule has 3 N–H and O–H groups in total. The Kier molecular flexibility index (Phi) is 7.67. The van der Waals surface area contributed by atoms with Gasteiger partial charge in [0, 0.05) is 31.4 Å². The number of anilines is 1. The second-order valence-electron chi connectivity index (χ2n) is 6.98. The number of hydrogen-bond donors (Lipinski definition) is 2. The number of carbonyl (C=O) groups is 2. The van der Waals surface area contributed by atoms with Crippen LogP contribution in [0.1, 0.15) is 34.1 Å². The van der Waals surface area contributed by atoms with E-state index in [1.54, 1.807) is 27.7 Å². The predicted octanol–water partition coefficient (Wildman–Crippen LogP) is 2.55. The summed E-state index contributed by atoms with van der Waals surface area (Å²) in [5.74, 6) is -0.424. The number of carbonyl (C=O) groups excluding carboxylic acids is 2. The van der Waals surface area contributed by atoms with Crippen LogP contribution in [0.3, 0.4) is 0 Å².